The fourth-order valence-electron chi connectivity index (χ4n) is 3.39. The number of hydrogen-bond donors (Lipinski definition) is 1. The van der Waals surface area contributed by atoms with Crippen molar-refractivity contribution in [3.63, 3.8) is 0 Å². The van der Waals surface area contributed by atoms with Crippen molar-refractivity contribution in [1.82, 2.24) is 15.2 Å². The Labute approximate surface area is 157 Å². The van der Waals surface area contributed by atoms with E-state index in [1.54, 1.807) is 11.3 Å². The summed E-state index contributed by atoms with van der Waals surface area (Å²) < 4.78 is 0. The van der Waals surface area contributed by atoms with Gasteiger partial charge < -0.3 is 10.2 Å². The number of piperidine rings is 1. The van der Waals surface area contributed by atoms with E-state index >= 15 is 0 Å². The first kappa shape index (κ1) is 17.2. The highest BCUT2D eigenvalue weighted by Gasteiger charge is 2.30. The van der Waals surface area contributed by atoms with Crippen molar-refractivity contribution in [2.75, 3.05) is 13.1 Å². The maximum Gasteiger partial charge on any atom is 0.253 e. The van der Waals surface area contributed by atoms with Gasteiger partial charge in [0, 0.05) is 35.9 Å². The molecule has 136 valence electrons. The van der Waals surface area contributed by atoms with Crippen LogP contribution in [0, 0.1) is 5.92 Å². The molecule has 6 heteroatoms. The zero-order valence-electron chi connectivity index (χ0n) is 14.7. The summed E-state index contributed by atoms with van der Waals surface area (Å²) in [7, 11) is 0. The number of nitrogens with zero attached hydrogens (tertiary/aromatic N) is 2. The van der Waals surface area contributed by atoms with Gasteiger partial charge in [-0.05, 0) is 37.8 Å². The summed E-state index contributed by atoms with van der Waals surface area (Å²) in [5.41, 5.74) is 1.67. The third-order valence-corrected chi connectivity index (χ3v) is 6.10. The van der Waals surface area contributed by atoms with E-state index in [9.17, 15) is 9.59 Å². The zero-order valence-corrected chi connectivity index (χ0v) is 15.5. The Morgan fingerprint density at radius 3 is 2.77 bits per heavy atom. The SMILES string of the molecule is O=C(NCc1csc(C2CCCN(C(=O)c3ccccc3)C2)n1)C1CC1. The van der Waals surface area contributed by atoms with Crippen LogP contribution < -0.4 is 5.32 Å². The summed E-state index contributed by atoms with van der Waals surface area (Å²) in [5, 5.41) is 6.07. The second kappa shape index (κ2) is 7.58. The Balaban J connectivity index is 1.37. The molecule has 26 heavy (non-hydrogen) atoms. The molecule has 1 aromatic carbocycles. The molecular formula is C20H23N3O2S. The number of nitrogens with one attached hydrogen (secondary N) is 1. The molecule has 2 aromatic rings. The Morgan fingerprint density at radius 1 is 1.19 bits per heavy atom. The minimum absolute atomic E-state index is 0.101. The van der Waals surface area contributed by atoms with E-state index in [4.69, 9.17) is 4.98 Å². The Morgan fingerprint density at radius 2 is 2.00 bits per heavy atom. The second-order valence-electron chi connectivity index (χ2n) is 7.13. The van der Waals surface area contributed by atoms with Crippen molar-refractivity contribution in [3.8, 4) is 0 Å². The van der Waals surface area contributed by atoms with Crippen LogP contribution in [0.4, 0.5) is 0 Å². The summed E-state index contributed by atoms with van der Waals surface area (Å²) in [6, 6.07) is 9.47. The summed E-state index contributed by atoms with van der Waals surface area (Å²) in [6.07, 6.45) is 4.08. The monoisotopic (exact) mass is 369 g/mol. The predicted octanol–water partition coefficient (Wildman–Crippen LogP) is 3.19. The number of thiazole rings is 1. The van der Waals surface area contributed by atoms with Crippen LogP contribution in [-0.4, -0.2) is 34.8 Å². The lowest BCUT2D eigenvalue weighted by atomic mass is 9.98. The first-order chi connectivity index (χ1) is 12.7. The van der Waals surface area contributed by atoms with Gasteiger partial charge in [0.05, 0.1) is 17.2 Å². The van der Waals surface area contributed by atoms with E-state index in [1.165, 1.54) is 0 Å². The molecule has 2 aliphatic rings. The van der Waals surface area contributed by atoms with Gasteiger partial charge in [-0.3, -0.25) is 9.59 Å². The predicted molar refractivity (Wildman–Crippen MR) is 101 cm³/mol. The maximum absolute atomic E-state index is 12.7. The lowest BCUT2D eigenvalue weighted by Gasteiger charge is -2.32. The lowest BCUT2D eigenvalue weighted by molar-refractivity contribution is -0.122. The molecule has 5 nitrogen and oxygen atoms in total. The number of amides is 2. The Bertz CT molecular complexity index is 785. The van der Waals surface area contributed by atoms with Gasteiger partial charge in [-0.2, -0.15) is 0 Å². The molecule has 1 saturated heterocycles. The van der Waals surface area contributed by atoms with E-state index < -0.39 is 0 Å². The van der Waals surface area contributed by atoms with Gasteiger partial charge in [-0.1, -0.05) is 18.2 Å². The van der Waals surface area contributed by atoms with E-state index in [1.807, 2.05) is 40.6 Å². The molecule has 0 bridgehead atoms. The van der Waals surface area contributed by atoms with Crippen molar-refractivity contribution in [2.45, 2.75) is 38.1 Å². The number of carbonyl (C=O) groups excluding carboxylic acids is 2. The van der Waals surface area contributed by atoms with Crippen molar-refractivity contribution in [3.05, 3.63) is 52.0 Å². The number of carbonyl (C=O) groups is 2. The third kappa shape index (κ3) is 3.96. The first-order valence-corrected chi connectivity index (χ1v) is 10.1. The largest absolute Gasteiger partial charge is 0.350 e. The maximum atomic E-state index is 12.7. The molecule has 1 N–H and O–H groups in total. The van der Waals surface area contributed by atoms with Gasteiger partial charge in [0.2, 0.25) is 5.91 Å². The van der Waals surface area contributed by atoms with Crippen molar-refractivity contribution >= 4 is 23.2 Å². The summed E-state index contributed by atoms with van der Waals surface area (Å²) in [5.74, 6) is 0.763. The fourth-order valence-corrected chi connectivity index (χ4v) is 4.33. The van der Waals surface area contributed by atoms with Crippen LogP contribution in [0.25, 0.3) is 0 Å². The molecule has 1 aliphatic heterocycles. The quantitative estimate of drug-likeness (QED) is 0.880. The van der Waals surface area contributed by atoms with Crippen molar-refractivity contribution in [1.29, 1.82) is 0 Å². The topological polar surface area (TPSA) is 62.3 Å². The normalized spacial score (nSPS) is 20.0. The average Bonchev–Trinajstić information content (AvgIpc) is 3.44. The molecule has 2 heterocycles. The van der Waals surface area contributed by atoms with Gasteiger partial charge in [0.1, 0.15) is 0 Å². The van der Waals surface area contributed by atoms with Crippen LogP contribution in [0.2, 0.25) is 0 Å². The molecule has 2 amide bonds. The van der Waals surface area contributed by atoms with Crippen LogP contribution in [-0.2, 0) is 11.3 Å². The van der Waals surface area contributed by atoms with Gasteiger partial charge in [0.25, 0.3) is 5.91 Å². The van der Waals surface area contributed by atoms with Gasteiger partial charge in [-0.25, -0.2) is 4.98 Å². The third-order valence-electron chi connectivity index (χ3n) is 5.04. The molecule has 2 fully saturated rings. The molecule has 0 spiro atoms. The van der Waals surface area contributed by atoms with Gasteiger partial charge in [-0.15, -0.1) is 11.3 Å². The van der Waals surface area contributed by atoms with Crippen LogP contribution in [0.3, 0.4) is 0 Å². The molecule has 0 radical (unpaired) electrons. The number of benzene rings is 1. The number of aromatic nitrogens is 1. The molecule has 1 saturated carbocycles. The van der Waals surface area contributed by atoms with E-state index in [-0.39, 0.29) is 23.7 Å². The highest BCUT2D eigenvalue weighted by Crippen LogP contribution is 2.31. The minimum Gasteiger partial charge on any atom is -0.350 e. The van der Waals surface area contributed by atoms with Crippen molar-refractivity contribution in [2.24, 2.45) is 5.92 Å². The number of likely N-dealkylation sites (tertiary alicyclic amines) is 1. The van der Waals surface area contributed by atoms with Crippen LogP contribution in [0.5, 0.6) is 0 Å². The van der Waals surface area contributed by atoms with Crippen molar-refractivity contribution < 1.29 is 9.59 Å². The van der Waals surface area contributed by atoms with Crippen LogP contribution in [0.1, 0.15) is 52.7 Å². The highest BCUT2D eigenvalue weighted by atomic mass is 32.1. The molecule has 1 aliphatic carbocycles. The molecule has 4 rings (SSSR count). The Hall–Kier alpha value is -2.21. The summed E-state index contributed by atoms with van der Waals surface area (Å²) in [4.78, 5) is 31.1. The fraction of sp³-hybridized carbons (Fsp3) is 0.450. The first-order valence-electron chi connectivity index (χ1n) is 9.27. The molecule has 1 atom stereocenters. The van der Waals surface area contributed by atoms with Crippen LogP contribution >= 0.6 is 11.3 Å². The Kier molecular flexibility index (Phi) is 5.02. The van der Waals surface area contributed by atoms with E-state index in [0.29, 0.717) is 6.54 Å². The second-order valence-corrected chi connectivity index (χ2v) is 8.02. The highest BCUT2D eigenvalue weighted by molar-refractivity contribution is 7.09. The van der Waals surface area contributed by atoms with Gasteiger partial charge in [0.15, 0.2) is 0 Å². The van der Waals surface area contributed by atoms with E-state index in [2.05, 4.69) is 5.32 Å². The summed E-state index contributed by atoms with van der Waals surface area (Å²) >= 11 is 1.64. The average molecular weight is 369 g/mol. The smallest absolute Gasteiger partial charge is 0.253 e. The summed E-state index contributed by atoms with van der Waals surface area (Å²) in [6.45, 7) is 2.03. The standard InChI is InChI=1S/C20H23N3O2S/c24-18(14-8-9-14)21-11-17-13-26-19(22-17)16-7-4-10-23(12-16)20(25)15-5-2-1-3-6-15/h1-3,5-6,13-14,16H,4,7-12H2,(H,21,24). The van der Waals surface area contributed by atoms with Gasteiger partial charge >= 0.3 is 0 Å². The molecular weight excluding hydrogens is 346 g/mol. The van der Waals surface area contributed by atoms with E-state index in [0.717, 1.165) is 55.0 Å². The number of hydrogen-bond acceptors (Lipinski definition) is 4. The van der Waals surface area contributed by atoms with Crippen LogP contribution in [0.15, 0.2) is 35.7 Å². The number of rotatable bonds is 5. The molecule has 1 unspecified atom stereocenters. The minimum atomic E-state index is 0.101. The lowest BCUT2D eigenvalue weighted by Crippen LogP contribution is -2.39. The molecule has 1 aromatic heterocycles. The zero-order chi connectivity index (χ0) is 17.9.